The summed E-state index contributed by atoms with van der Waals surface area (Å²) >= 11 is 0. The third-order valence-corrected chi connectivity index (χ3v) is 1.56. The van der Waals surface area contributed by atoms with Gasteiger partial charge in [0.2, 0.25) is 0 Å². The van der Waals surface area contributed by atoms with Crippen molar-refractivity contribution in [1.29, 1.82) is 0 Å². The minimum Gasteiger partial charge on any atom is -0.350 e. The molecule has 4 heteroatoms. The molecule has 0 aliphatic heterocycles. The molecule has 0 bridgehead atoms. The summed E-state index contributed by atoms with van der Waals surface area (Å²) in [5.41, 5.74) is 5.73. The van der Waals surface area contributed by atoms with Crippen LogP contribution in [-0.4, -0.2) is 15.8 Å². The average molecular weight is 166 g/mol. The van der Waals surface area contributed by atoms with Crippen LogP contribution in [0.4, 0.5) is 4.79 Å². The SMILES string of the molecule is CC(C)(C)c1c[c]nn1C(N)=O. The van der Waals surface area contributed by atoms with E-state index < -0.39 is 6.03 Å². The second-order valence-corrected chi connectivity index (χ2v) is 3.66. The van der Waals surface area contributed by atoms with Crippen molar-refractivity contribution in [3.63, 3.8) is 0 Å². The van der Waals surface area contributed by atoms with Crippen LogP contribution in [0.3, 0.4) is 0 Å². The minimum absolute atomic E-state index is 0.137. The molecule has 0 saturated carbocycles. The van der Waals surface area contributed by atoms with Gasteiger partial charge in [-0.15, -0.1) is 0 Å². The molecule has 2 N–H and O–H groups in total. The summed E-state index contributed by atoms with van der Waals surface area (Å²) in [4.78, 5) is 10.8. The van der Waals surface area contributed by atoms with Crippen LogP contribution in [-0.2, 0) is 5.41 Å². The first-order valence-corrected chi connectivity index (χ1v) is 3.69. The number of hydrogen-bond donors (Lipinski definition) is 1. The molecule has 0 atom stereocenters. The summed E-state index contributed by atoms with van der Waals surface area (Å²) < 4.78 is 1.17. The zero-order valence-corrected chi connectivity index (χ0v) is 7.46. The molecule has 0 spiro atoms. The fourth-order valence-corrected chi connectivity index (χ4v) is 0.965. The topological polar surface area (TPSA) is 60.9 Å². The van der Waals surface area contributed by atoms with Crippen LogP contribution in [0, 0.1) is 6.20 Å². The van der Waals surface area contributed by atoms with Crippen LogP contribution in [0.1, 0.15) is 26.5 Å². The molecular weight excluding hydrogens is 154 g/mol. The lowest BCUT2D eigenvalue weighted by Crippen LogP contribution is -2.27. The van der Waals surface area contributed by atoms with Crippen molar-refractivity contribution in [2.45, 2.75) is 26.2 Å². The predicted molar refractivity (Wildman–Crippen MR) is 44.7 cm³/mol. The van der Waals surface area contributed by atoms with Gasteiger partial charge in [-0.3, -0.25) is 0 Å². The molecule has 4 nitrogen and oxygen atoms in total. The van der Waals surface area contributed by atoms with Crippen LogP contribution in [0.15, 0.2) is 6.07 Å². The molecule has 12 heavy (non-hydrogen) atoms. The summed E-state index contributed by atoms with van der Waals surface area (Å²) in [5.74, 6) is 0. The van der Waals surface area contributed by atoms with Crippen molar-refractivity contribution in [3.05, 3.63) is 18.0 Å². The molecule has 0 aromatic carbocycles. The van der Waals surface area contributed by atoms with Gasteiger partial charge in [-0.25, -0.2) is 4.79 Å². The van der Waals surface area contributed by atoms with Gasteiger partial charge in [0.25, 0.3) is 0 Å². The monoisotopic (exact) mass is 166 g/mol. The Morgan fingerprint density at radius 1 is 1.67 bits per heavy atom. The lowest BCUT2D eigenvalue weighted by atomic mass is 9.92. The first-order chi connectivity index (χ1) is 5.43. The molecule has 0 aliphatic carbocycles. The Kier molecular flexibility index (Phi) is 1.92. The number of amides is 1. The first-order valence-electron chi connectivity index (χ1n) is 3.69. The van der Waals surface area contributed by atoms with Gasteiger partial charge >= 0.3 is 6.03 Å². The van der Waals surface area contributed by atoms with E-state index in [2.05, 4.69) is 11.3 Å². The number of hydrogen-bond acceptors (Lipinski definition) is 2. The lowest BCUT2D eigenvalue weighted by molar-refractivity contribution is 0.245. The molecule has 65 valence electrons. The third-order valence-electron chi connectivity index (χ3n) is 1.56. The number of nitrogens with two attached hydrogens (primary N) is 1. The number of carbonyl (C=O) groups is 1. The van der Waals surface area contributed by atoms with E-state index >= 15 is 0 Å². The highest BCUT2D eigenvalue weighted by Crippen LogP contribution is 2.20. The molecule has 1 aromatic heterocycles. The highest BCUT2D eigenvalue weighted by Gasteiger charge is 2.20. The van der Waals surface area contributed by atoms with E-state index in [9.17, 15) is 4.79 Å². The van der Waals surface area contributed by atoms with Crippen molar-refractivity contribution in [2.24, 2.45) is 5.73 Å². The summed E-state index contributed by atoms with van der Waals surface area (Å²) in [6.45, 7) is 5.95. The smallest absolute Gasteiger partial charge is 0.339 e. The van der Waals surface area contributed by atoms with E-state index in [0.29, 0.717) is 0 Å². The van der Waals surface area contributed by atoms with Gasteiger partial charge in [-0.05, 0) is 6.07 Å². The average Bonchev–Trinajstić information content (AvgIpc) is 2.30. The molecule has 1 radical (unpaired) electrons. The van der Waals surface area contributed by atoms with E-state index in [1.54, 1.807) is 6.07 Å². The Hall–Kier alpha value is -1.32. The quantitative estimate of drug-likeness (QED) is 0.622. The fourth-order valence-electron chi connectivity index (χ4n) is 0.965. The van der Waals surface area contributed by atoms with Gasteiger partial charge in [0, 0.05) is 5.41 Å². The normalized spacial score (nSPS) is 11.6. The molecule has 0 unspecified atom stereocenters. The Bertz CT molecular complexity index is 295. The molecule has 1 amide bonds. The number of aromatic nitrogens is 2. The van der Waals surface area contributed by atoms with Gasteiger partial charge < -0.3 is 5.73 Å². The zero-order chi connectivity index (χ0) is 9.35. The largest absolute Gasteiger partial charge is 0.350 e. The maximum Gasteiger partial charge on any atom is 0.339 e. The van der Waals surface area contributed by atoms with Crippen molar-refractivity contribution >= 4 is 6.03 Å². The van der Waals surface area contributed by atoms with E-state index in [-0.39, 0.29) is 5.41 Å². The van der Waals surface area contributed by atoms with Gasteiger partial charge in [0.1, 0.15) is 6.20 Å². The zero-order valence-electron chi connectivity index (χ0n) is 7.46. The van der Waals surface area contributed by atoms with E-state index in [1.807, 2.05) is 20.8 Å². The van der Waals surface area contributed by atoms with Crippen molar-refractivity contribution in [3.8, 4) is 0 Å². The second-order valence-electron chi connectivity index (χ2n) is 3.66. The van der Waals surface area contributed by atoms with Gasteiger partial charge in [0.05, 0.1) is 5.69 Å². The third kappa shape index (κ3) is 1.47. The Labute approximate surface area is 71.4 Å². The molecule has 1 heterocycles. The molecule has 1 aromatic rings. The maximum absolute atomic E-state index is 10.8. The van der Waals surface area contributed by atoms with Crippen molar-refractivity contribution in [1.82, 2.24) is 9.78 Å². The molecule has 1 rings (SSSR count). The highest BCUT2D eigenvalue weighted by atomic mass is 16.2. The summed E-state index contributed by atoms with van der Waals surface area (Å²) in [6, 6.07) is 1.10. The Balaban J connectivity index is 3.17. The minimum atomic E-state index is -0.568. The van der Waals surface area contributed by atoms with Crippen LogP contribution in [0.5, 0.6) is 0 Å². The Morgan fingerprint density at radius 3 is 2.58 bits per heavy atom. The molecular formula is C8H12N3O. The Morgan fingerprint density at radius 2 is 2.25 bits per heavy atom. The first kappa shape index (κ1) is 8.77. The van der Waals surface area contributed by atoms with Gasteiger partial charge in [-0.2, -0.15) is 9.78 Å². The standard InChI is InChI=1S/C8H12N3O/c1-8(2,3)6-4-5-10-11(6)7(9)12/h4H,1-3H3,(H2,9,12). The maximum atomic E-state index is 10.8. The number of carbonyl (C=O) groups excluding carboxylic acids is 1. The number of nitrogens with zero attached hydrogens (tertiary/aromatic N) is 2. The van der Waals surface area contributed by atoms with Crippen LogP contribution in [0.25, 0.3) is 0 Å². The summed E-state index contributed by atoms with van der Waals surface area (Å²) in [5, 5.41) is 3.70. The predicted octanol–water partition coefficient (Wildman–Crippen LogP) is 0.908. The van der Waals surface area contributed by atoms with E-state index in [4.69, 9.17) is 5.73 Å². The second kappa shape index (κ2) is 2.62. The molecule has 0 fully saturated rings. The van der Waals surface area contributed by atoms with E-state index in [1.165, 1.54) is 4.68 Å². The van der Waals surface area contributed by atoms with Crippen LogP contribution in [0.2, 0.25) is 0 Å². The highest BCUT2D eigenvalue weighted by molar-refractivity contribution is 5.74. The van der Waals surface area contributed by atoms with Gasteiger partial charge in [0.15, 0.2) is 0 Å². The number of primary amides is 1. The van der Waals surface area contributed by atoms with Gasteiger partial charge in [-0.1, -0.05) is 20.8 Å². The van der Waals surface area contributed by atoms with Crippen molar-refractivity contribution in [2.75, 3.05) is 0 Å². The van der Waals surface area contributed by atoms with Crippen LogP contribution < -0.4 is 5.73 Å². The van der Waals surface area contributed by atoms with E-state index in [0.717, 1.165) is 5.69 Å². The lowest BCUT2D eigenvalue weighted by Gasteiger charge is -2.18. The summed E-state index contributed by atoms with van der Waals surface area (Å²) in [6.07, 6.45) is 2.60. The fraction of sp³-hybridized carbons (Fsp3) is 0.500. The summed E-state index contributed by atoms with van der Waals surface area (Å²) in [7, 11) is 0. The number of rotatable bonds is 0. The molecule has 0 aliphatic rings. The van der Waals surface area contributed by atoms with Crippen molar-refractivity contribution < 1.29 is 4.79 Å². The molecule has 0 saturated heterocycles. The van der Waals surface area contributed by atoms with Crippen LogP contribution >= 0.6 is 0 Å².